The molecule has 0 aromatic carbocycles. The molecule has 2 atom stereocenters. The van der Waals surface area contributed by atoms with Crippen LogP contribution in [-0.2, 0) is 11.3 Å². The van der Waals surface area contributed by atoms with Crippen LogP contribution in [0.15, 0.2) is 12.5 Å². The topological polar surface area (TPSA) is 83.8 Å². The summed E-state index contributed by atoms with van der Waals surface area (Å²) in [4.78, 5) is 18.6. The number of imidazole rings is 1. The summed E-state index contributed by atoms with van der Waals surface area (Å²) in [7, 11) is 0. The highest BCUT2D eigenvalue weighted by Gasteiger charge is 2.12. The molecule has 1 aromatic rings. The lowest BCUT2D eigenvalue weighted by Crippen LogP contribution is -2.29. The summed E-state index contributed by atoms with van der Waals surface area (Å²) in [6, 6.07) is 0.218. The molecule has 0 aliphatic rings. The van der Waals surface area contributed by atoms with Gasteiger partial charge in [-0.2, -0.15) is 0 Å². The number of nitrogens with zero attached hydrogens (tertiary/aromatic N) is 1. The normalized spacial score (nSPS) is 14.3. The lowest BCUT2D eigenvalue weighted by Gasteiger charge is -2.12. The van der Waals surface area contributed by atoms with Gasteiger partial charge >= 0.3 is 0 Å². The highest BCUT2D eigenvalue weighted by atomic mass is 16.1. The number of aromatic amines is 1. The van der Waals surface area contributed by atoms with E-state index in [0.29, 0.717) is 6.54 Å². The van der Waals surface area contributed by atoms with E-state index < -0.39 is 0 Å². The summed E-state index contributed by atoms with van der Waals surface area (Å²) >= 11 is 0. The molecule has 0 bridgehead atoms. The molecule has 0 aliphatic carbocycles. The molecule has 17 heavy (non-hydrogen) atoms. The van der Waals surface area contributed by atoms with E-state index in [9.17, 15) is 4.79 Å². The number of rotatable bonds is 7. The van der Waals surface area contributed by atoms with Gasteiger partial charge in [0.15, 0.2) is 0 Å². The van der Waals surface area contributed by atoms with Gasteiger partial charge in [0.1, 0.15) is 0 Å². The van der Waals surface area contributed by atoms with E-state index in [4.69, 9.17) is 5.73 Å². The average Bonchev–Trinajstić information content (AvgIpc) is 2.78. The van der Waals surface area contributed by atoms with Crippen LogP contribution in [0, 0.1) is 5.92 Å². The van der Waals surface area contributed by atoms with Crippen LogP contribution < -0.4 is 11.1 Å². The second kappa shape index (κ2) is 7.06. The van der Waals surface area contributed by atoms with Crippen molar-refractivity contribution in [2.45, 2.75) is 45.7 Å². The monoisotopic (exact) mass is 238 g/mol. The molecule has 0 radical (unpaired) electrons. The molecule has 5 nitrogen and oxygen atoms in total. The summed E-state index contributed by atoms with van der Waals surface area (Å²) in [5.74, 6) is 0.126. The Labute approximate surface area is 102 Å². The van der Waals surface area contributed by atoms with E-state index in [2.05, 4.69) is 15.3 Å². The van der Waals surface area contributed by atoms with Crippen molar-refractivity contribution < 1.29 is 4.79 Å². The van der Waals surface area contributed by atoms with E-state index in [-0.39, 0.29) is 17.9 Å². The molecule has 4 N–H and O–H groups in total. The summed E-state index contributed by atoms with van der Waals surface area (Å²) in [6.07, 6.45) is 6.17. The quantitative estimate of drug-likeness (QED) is 0.667. The standard InChI is InChI=1S/C12H22N4O/c1-9(4-3-5-10(2)13)12(17)15-7-11-6-14-8-16-11/h6,8-10H,3-5,7,13H2,1-2H3,(H,14,16)(H,15,17). The smallest absolute Gasteiger partial charge is 0.223 e. The van der Waals surface area contributed by atoms with Gasteiger partial charge in [-0.05, 0) is 19.8 Å². The molecule has 1 rings (SSSR count). The van der Waals surface area contributed by atoms with Crippen LogP contribution in [-0.4, -0.2) is 21.9 Å². The van der Waals surface area contributed by atoms with Crippen molar-refractivity contribution in [1.82, 2.24) is 15.3 Å². The molecule has 2 unspecified atom stereocenters. The van der Waals surface area contributed by atoms with Gasteiger partial charge in [-0.15, -0.1) is 0 Å². The highest BCUT2D eigenvalue weighted by molar-refractivity contribution is 5.78. The minimum Gasteiger partial charge on any atom is -0.350 e. The van der Waals surface area contributed by atoms with Crippen molar-refractivity contribution in [1.29, 1.82) is 0 Å². The number of nitrogens with two attached hydrogens (primary N) is 1. The Hall–Kier alpha value is -1.36. The van der Waals surface area contributed by atoms with Crippen LogP contribution in [0.4, 0.5) is 0 Å². The molecule has 96 valence electrons. The van der Waals surface area contributed by atoms with Gasteiger partial charge in [-0.25, -0.2) is 4.98 Å². The van der Waals surface area contributed by atoms with Gasteiger partial charge in [-0.1, -0.05) is 13.3 Å². The summed E-state index contributed by atoms with van der Waals surface area (Å²) < 4.78 is 0. The number of hydrogen-bond donors (Lipinski definition) is 3. The summed E-state index contributed by atoms with van der Waals surface area (Å²) in [5.41, 5.74) is 6.58. The molecule has 5 heteroatoms. The van der Waals surface area contributed by atoms with Crippen LogP contribution in [0.2, 0.25) is 0 Å². The fourth-order valence-electron chi connectivity index (χ4n) is 1.62. The third-order valence-electron chi connectivity index (χ3n) is 2.75. The lowest BCUT2D eigenvalue weighted by molar-refractivity contribution is -0.124. The van der Waals surface area contributed by atoms with E-state index in [1.165, 1.54) is 0 Å². The van der Waals surface area contributed by atoms with Crippen LogP contribution in [0.1, 0.15) is 38.8 Å². The zero-order valence-electron chi connectivity index (χ0n) is 10.6. The Kier molecular flexibility index (Phi) is 5.69. The van der Waals surface area contributed by atoms with E-state index in [0.717, 1.165) is 25.0 Å². The highest BCUT2D eigenvalue weighted by Crippen LogP contribution is 2.09. The Morgan fingerprint density at radius 3 is 2.88 bits per heavy atom. The minimum atomic E-state index is 0.0386. The number of amides is 1. The third kappa shape index (κ3) is 5.49. The Morgan fingerprint density at radius 1 is 1.53 bits per heavy atom. The van der Waals surface area contributed by atoms with E-state index in [1.54, 1.807) is 12.5 Å². The zero-order chi connectivity index (χ0) is 12.7. The van der Waals surface area contributed by atoms with Crippen LogP contribution in [0.25, 0.3) is 0 Å². The number of nitrogens with one attached hydrogen (secondary N) is 2. The SMILES string of the molecule is CC(N)CCCC(C)C(=O)NCc1cnc[nH]1. The van der Waals surface area contributed by atoms with Gasteiger partial charge in [0.2, 0.25) is 5.91 Å². The number of aromatic nitrogens is 2. The average molecular weight is 238 g/mol. The molecule has 1 heterocycles. The minimum absolute atomic E-state index is 0.0386. The molecule has 0 aliphatic heterocycles. The summed E-state index contributed by atoms with van der Waals surface area (Å²) in [6.45, 7) is 4.45. The summed E-state index contributed by atoms with van der Waals surface area (Å²) in [5, 5.41) is 2.88. The van der Waals surface area contributed by atoms with E-state index >= 15 is 0 Å². The molecular formula is C12H22N4O. The van der Waals surface area contributed by atoms with Crippen molar-refractivity contribution in [2.24, 2.45) is 11.7 Å². The predicted molar refractivity (Wildman–Crippen MR) is 67.1 cm³/mol. The van der Waals surface area contributed by atoms with Gasteiger partial charge in [0, 0.05) is 18.2 Å². The van der Waals surface area contributed by atoms with Crippen LogP contribution in [0.3, 0.4) is 0 Å². The molecule has 0 saturated carbocycles. The van der Waals surface area contributed by atoms with Crippen molar-refractivity contribution in [3.8, 4) is 0 Å². The maximum atomic E-state index is 11.7. The maximum Gasteiger partial charge on any atom is 0.223 e. The van der Waals surface area contributed by atoms with Gasteiger partial charge in [-0.3, -0.25) is 4.79 Å². The van der Waals surface area contributed by atoms with Gasteiger partial charge in [0.05, 0.1) is 18.6 Å². The van der Waals surface area contributed by atoms with Crippen LogP contribution in [0.5, 0.6) is 0 Å². The Bertz CT molecular complexity index is 321. The first-order valence-electron chi connectivity index (χ1n) is 6.10. The molecule has 1 aromatic heterocycles. The fourth-order valence-corrected chi connectivity index (χ4v) is 1.62. The zero-order valence-corrected chi connectivity index (χ0v) is 10.6. The van der Waals surface area contributed by atoms with Crippen molar-refractivity contribution in [2.75, 3.05) is 0 Å². The van der Waals surface area contributed by atoms with E-state index in [1.807, 2.05) is 13.8 Å². The second-order valence-electron chi connectivity index (χ2n) is 4.60. The van der Waals surface area contributed by atoms with Crippen molar-refractivity contribution >= 4 is 5.91 Å². The second-order valence-corrected chi connectivity index (χ2v) is 4.60. The first kappa shape index (κ1) is 13.7. The Morgan fingerprint density at radius 2 is 2.29 bits per heavy atom. The molecular weight excluding hydrogens is 216 g/mol. The molecule has 1 amide bonds. The molecule has 0 saturated heterocycles. The first-order valence-corrected chi connectivity index (χ1v) is 6.10. The Balaban J connectivity index is 2.18. The lowest BCUT2D eigenvalue weighted by atomic mass is 10.0. The fraction of sp³-hybridized carbons (Fsp3) is 0.667. The third-order valence-corrected chi connectivity index (χ3v) is 2.75. The first-order chi connectivity index (χ1) is 8.09. The maximum absolute atomic E-state index is 11.7. The molecule has 0 spiro atoms. The van der Waals surface area contributed by atoms with Crippen molar-refractivity contribution in [3.63, 3.8) is 0 Å². The number of H-pyrrole nitrogens is 1. The largest absolute Gasteiger partial charge is 0.350 e. The van der Waals surface area contributed by atoms with Gasteiger partial charge < -0.3 is 16.0 Å². The van der Waals surface area contributed by atoms with Crippen molar-refractivity contribution in [3.05, 3.63) is 18.2 Å². The molecule has 0 fully saturated rings. The van der Waals surface area contributed by atoms with Gasteiger partial charge in [0.25, 0.3) is 0 Å². The predicted octanol–water partition coefficient (Wildman–Crippen LogP) is 1.18. The van der Waals surface area contributed by atoms with Crippen LogP contribution >= 0.6 is 0 Å². The number of hydrogen-bond acceptors (Lipinski definition) is 3. The number of carbonyl (C=O) groups excluding carboxylic acids is 1. The number of carbonyl (C=O) groups is 1.